The molecule has 0 atom stereocenters. The minimum atomic E-state index is -3.03. The second kappa shape index (κ2) is 7.63. The van der Waals surface area contributed by atoms with Crippen molar-refractivity contribution in [3.63, 3.8) is 0 Å². The van der Waals surface area contributed by atoms with Crippen molar-refractivity contribution < 1.29 is 31.8 Å². The summed E-state index contributed by atoms with van der Waals surface area (Å²) in [4.78, 5) is 12.1. The van der Waals surface area contributed by atoms with E-state index in [1.165, 1.54) is 19.2 Å². The highest BCUT2D eigenvalue weighted by Gasteiger charge is 2.13. The Morgan fingerprint density at radius 1 is 1.08 bits per heavy atom. The van der Waals surface area contributed by atoms with Crippen LogP contribution < -0.4 is 9.47 Å². The Balaban J connectivity index is 2.23. The lowest BCUT2D eigenvalue weighted by molar-refractivity contribution is -0.0512. The molecule has 0 aromatic heterocycles. The number of ketones is 1. The van der Waals surface area contributed by atoms with Crippen LogP contribution >= 0.6 is 0 Å². The van der Waals surface area contributed by atoms with Crippen LogP contribution in [0, 0.1) is 11.6 Å². The van der Waals surface area contributed by atoms with Crippen LogP contribution in [-0.2, 0) is 0 Å². The van der Waals surface area contributed by atoms with Gasteiger partial charge in [0.05, 0.1) is 7.11 Å². The number of benzene rings is 2. The van der Waals surface area contributed by atoms with Gasteiger partial charge in [0.2, 0.25) is 0 Å². The number of alkyl halides is 2. The first-order valence-corrected chi connectivity index (χ1v) is 6.71. The van der Waals surface area contributed by atoms with E-state index in [-0.39, 0.29) is 22.6 Å². The van der Waals surface area contributed by atoms with E-state index in [1.807, 2.05) is 0 Å². The monoisotopic (exact) mass is 340 g/mol. The molecule has 0 saturated heterocycles. The average molecular weight is 340 g/mol. The molecule has 0 aliphatic heterocycles. The standard InChI is InChI=1S/C17H12F4O3/c1-23-16-9-11(3-7-15(16)24-17(20)21)14(22)6-2-10-8-12(18)4-5-13(10)19/h2-9,17H,1H3/b6-2+. The van der Waals surface area contributed by atoms with Crippen LogP contribution in [-0.4, -0.2) is 19.5 Å². The molecule has 0 fully saturated rings. The van der Waals surface area contributed by atoms with E-state index < -0.39 is 24.0 Å². The van der Waals surface area contributed by atoms with Crippen molar-refractivity contribution in [1.82, 2.24) is 0 Å². The summed E-state index contributed by atoms with van der Waals surface area (Å²) in [5.41, 5.74) is 0.0227. The van der Waals surface area contributed by atoms with Crippen molar-refractivity contribution in [3.05, 3.63) is 65.2 Å². The Bertz CT molecular complexity index is 772. The predicted octanol–water partition coefficient (Wildman–Crippen LogP) is 4.47. The minimum absolute atomic E-state index is 0.0495. The van der Waals surface area contributed by atoms with Gasteiger partial charge in [-0.25, -0.2) is 8.78 Å². The van der Waals surface area contributed by atoms with Crippen molar-refractivity contribution in [1.29, 1.82) is 0 Å². The number of ether oxygens (including phenoxy) is 2. The van der Waals surface area contributed by atoms with Gasteiger partial charge in [-0.15, -0.1) is 0 Å². The van der Waals surface area contributed by atoms with E-state index in [0.29, 0.717) is 0 Å². The molecule has 0 N–H and O–H groups in total. The maximum absolute atomic E-state index is 13.5. The van der Waals surface area contributed by atoms with Crippen LogP contribution in [0.1, 0.15) is 15.9 Å². The van der Waals surface area contributed by atoms with Gasteiger partial charge in [0.25, 0.3) is 0 Å². The van der Waals surface area contributed by atoms with Gasteiger partial charge in [-0.1, -0.05) is 0 Å². The number of methoxy groups -OCH3 is 1. The highest BCUT2D eigenvalue weighted by atomic mass is 19.3. The van der Waals surface area contributed by atoms with Crippen LogP contribution in [0.15, 0.2) is 42.5 Å². The number of allylic oxidation sites excluding steroid dienone is 1. The molecule has 3 nitrogen and oxygen atoms in total. The Labute approximate surface area is 135 Å². The Kier molecular flexibility index (Phi) is 5.57. The molecule has 0 bridgehead atoms. The summed E-state index contributed by atoms with van der Waals surface area (Å²) in [5, 5.41) is 0. The average Bonchev–Trinajstić information content (AvgIpc) is 2.55. The first-order valence-electron chi connectivity index (χ1n) is 6.71. The smallest absolute Gasteiger partial charge is 0.387 e. The normalized spacial score (nSPS) is 11.1. The number of halogens is 4. The molecule has 2 aromatic carbocycles. The van der Waals surface area contributed by atoms with Crippen molar-refractivity contribution in [3.8, 4) is 11.5 Å². The summed E-state index contributed by atoms with van der Waals surface area (Å²) in [6.45, 7) is -3.03. The molecule has 24 heavy (non-hydrogen) atoms. The van der Waals surface area contributed by atoms with Crippen LogP contribution in [0.5, 0.6) is 11.5 Å². The predicted molar refractivity (Wildman–Crippen MR) is 79.3 cm³/mol. The Morgan fingerprint density at radius 3 is 2.50 bits per heavy atom. The first kappa shape index (κ1) is 17.5. The van der Waals surface area contributed by atoms with Crippen molar-refractivity contribution in [2.45, 2.75) is 6.61 Å². The molecule has 0 heterocycles. The lowest BCUT2D eigenvalue weighted by atomic mass is 10.1. The molecule has 126 valence electrons. The van der Waals surface area contributed by atoms with Gasteiger partial charge >= 0.3 is 6.61 Å². The molecule has 0 aliphatic carbocycles. The maximum atomic E-state index is 13.5. The molecule has 0 aliphatic rings. The van der Waals surface area contributed by atoms with E-state index in [0.717, 1.165) is 36.4 Å². The van der Waals surface area contributed by atoms with Crippen LogP contribution in [0.3, 0.4) is 0 Å². The molecule has 2 rings (SSSR count). The van der Waals surface area contributed by atoms with Gasteiger partial charge in [-0.2, -0.15) is 8.78 Å². The van der Waals surface area contributed by atoms with Gasteiger partial charge in [-0.3, -0.25) is 4.79 Å². The van der Waals surface area contributed by atoms with E-state index in [9.17, 15) is 22.4 Å². The summed E-state index contributed by atoms with van der Waals surface area (Å²) in [6.07, 6.45) is 2.16. The molecule has 0 radical (unpaired) electrons. The highest BCUT2D eigenvalue weighted by Crippen LogP contribution is 2.29. The lowest BCUT2D eigenvalue weighted by Gasteiger charge is -2.10. The van der Waals surface area contributed by atoms with E-state index in [2.05, 4.69) is 4.74 Å². The summed E-state index contributed by atoms with van der Waals surface area (Å²) in [7, 11) is 1.24. The molecule has 2 aromatic rings. The third-order valence-electron chi connectivity index (χ3n) is 3.04. The van der Waals surface area contributed by atoms with Crippen molar-refractivity contribution in [2.24, 2.45) is 0 Å². The maximum Gasteiger partial charge on any atom is 0.387 e. The van der Waals surface area contributed by atoms with Gasteiger partial charge in [0.1, 0.15) is 11.6 Å². The van der Waals surface area contributed by atoms with Crippen molar-refractivity contribution >= 4 is 11.9 Å². The third-order valence-corrected chi connectivity index (χ3v) is 3.04. The summed E-state index contributed by atoms with van der Waals surface area (Å²) < 4.78 is 60.2. The van der Waals surface area contributed by atoms with Crippen LogP contribution in [0.2, 0.25) is 0 Å². The second-order valence-corrected chi connectivity index (χ2v) is 4.61. The van der Waals surface area contributed by atoms with Gasteiger partial charge in [0.15, 0.2) is 17.3 Å². The molecular weight excluding hydrogens is 328 g/mol. The minimum Gasteiger partial charge on any atom is -0.493 e. The summed E-state index contributed by atoms with van der Waals surface area (Å²) >= 11 is 0. The zero-order chi connectivity index (χ0) is 17.7. The number of hydrogen-bond donors (Lipinski definition) is 0. The molecule has 0 saturated carbocycles. The van der Waals surface area contributed by atoms with E-state index >= 15 is 0 Å². The van der Waals surface area contributed by atoms with Crippen LogP contribution in [0.4, 0.5) is 17.6 Å². The van der Waals surface area contributed by atoms with Crippen molar-refractivity contribution in [2.75, 3.05) is 7.11 Å². The largest absolute Gasteiger partial charge is 0.493 e. The number of carbonyl (C=O) groups is 1. The zero-order valence-corrected chi connectivity index (χ0v) is 12.4. The second-order valence-electron chi connectivity index (χ2n) is 4.61. The lowest BCUT2D eigenvalue weighted by Crippen LogP contribution is -2.04. The third kappa shape index (κ3) is 4.34. The Hall–Kier alpha value is -2.83. The van der Waals surface area contributed by atoms with E-state index in [1.54, 1.807) is 0 Å². The molecule has 7 heteroatoms. The molecule has 0 spiro atoms. The van der Waals surface area contributed by atoms with Crippen LogP contribution in [0.25, 0.3) is 6.08 Å². The highest BCUT2D eigenvalue weighted by molar-refractivity contribution is 6.07. The topological polar surface area (TPSA) is 35.5 Å². The number of hydrogen-bond acceptors (Lipinski definition) is 3. The SMILES string of the molecule is COc1cc(C(=O)/C=C/c2cc(F)ccc2F)ccc1OC(F)F. The quantitative estimate of drug-likeness (QED) is 0.442. The summed E-state index contributed by atoms with van der Waals surface area (Å²) in [5.74, 6) is -2.13. The zero-order valence-electron chi connectivity index (χ0n) is 12.4. The fourth-order valence-electron chi connectivity index (χ4n) is 1.92. The molecule has 0 amide bonds. The Morgan fingerprint density at radius 2 is 1.83 bits per heavy atom. The number of rotatable bonds is 6. The van der Waals surface area contributed by atoms with Gasteiger partial charge < -0.3 is 9.47 Å². The summed E-state index contributed by atoms with van der Waals surface area (Å²) in [6, 6.07) is 6.48. The van der Waals surface area contributed by atoms with Gasteiger partial charge in [0, 0.05) is 11.1 Å². The first-order chi connectivity index (χ1) is 11.4. The fraction of sp³-hybridized carbons (Fsp3) is 0.118. The van der Waals surface area contributed by atoms with Gasteiger partial charge in [-0.05, 0) is 48.6 Å². The number of carbonyl (C=O) groups excluding carboxylic acids is 1. The molecule has 0 unspecified atom stereocenters. The fourth-order valence-corrected chi connectivity index (χ4v) is 1.92. The van der Waals surface area contributed by atoms with E-state index in [4.69, 9.17) is 4.74 Å². The molecular formula is C17H12F4O3.